The fraction of sp³-hybridized carbons (Fsp3) is 0.571. The molecule has 2 unspecified atom stereocenters. The van der Waals surface area contributed by atoms with Crippen LogP contribution in [0.5, 0.6) is 0 Å². The van der Waals surface area contributed by atoms with Gasteiger partial charge >= 0.3 is 0 Å². The van der Waals surface area contributed by atoms with E-state index in [0.717, 1.165) is 68.5 Å². The molecule has 4 N–H and O–H groups in total. The predicted molar refractivity (Wildman–Crippen MR) is 138 cm³/mol. The molecule has 1 fully saturated rings. The van der Waals surface area contributed by atoms with Crippen LogP contribution in [0.15, 0.2) is 59.3 Å². The van der Waals surface area contributed by atoms with Crippen molar-refractivity contribution in [1.82, 2.24) is 10.6 Å². The quantitative estimate of drug-likeness (QED) is 0.185. The summed E-state index contributed by atoms with van der Waals surface area (Å²) in [4.78, 5) is 0. The van der Waals surface area contributed by atoms with Gasteiger partial charge in [0, 0.05) is 18.5 Å². The van der Waals surface area contributed by atoms with Crippen molar-refractivity contribution in [3.05, 3.63) is 59.3 Å². The summed E-state index contributed by atoms with van der Waals surface area (Å²) in [5, 5.41) is 6.80. The van der Waals surface area contributed by atoms with Gasteiger partial charge in [-0.3, -0.25) is 0 Å². The molecule has 1 aliphatic heterocycles. The summed E-state index contributed by atoms with van der Waals surface area (Å²) in [7, 11) is 0. The second kappa shape index (κ2) is 15.8. The second-order valence-electron chi connectivity index (χ2n) is 8.72. The van der Waals surface area contributed by atoms with Crippen molar-refractivity contribution in [2.24, 2.45) is 17.1 Å². The first-order valence-electron chi connectivity index (χ1n) is 12.0. The first-order valence-corrected chi connectivity index (χ1v) is 12.0. The normalized spacial score (nSPS) is 21.2. The highest BCUT2D eigenvalue weighted by Gasteiger charge is 2.37. The summed E-state index contributed by atoms with van der Waals surface area (Å²) in [6.45, 7) is 13.9. The predicted octanol–water partition coefficient (Wildman–Crippen LogP) is 5.25. The maximum Gasteiger partial charge on any atom is 0.108 e. The number of allylic oxidation sites excluding steroid dienone is 8. The van der Waals surface area contributed by atoms with Crippen LogP contribution >= 0.6 is 0 Å². The Bertz CT molecular complexity index is 730. The third-order valence-electron chi connectivity index (χ3n) is 6.17. The Morgan fingerprint density at radius 3 is 2.75 bits per heavy atom. The van der Waals surface area contributed by atoms with E-state index in [4.69, 9.17) is 12.2 Å². The summed E-state index contributed by atoms with van der Waals surface area (Å²) in [5.74, 6) is 3.03. The smallest absolute Gasteiger partial charge is 0.108 e. The van der Waals surface area contributed by atoms with E-state index in [-0.39, 0.29) is 5.41 Å². The van der Waals surface area contributed by atoms with Crippen molar-refractivity contribution in [3.8, 4) is 12.3 Å². The van der Waals surface area contributed by atoms with Crippen molar-refractivity contribution in [2.75, 3.05) is 39.4 Å². The molecule has 4 heteroatoms. The maximum absolute atomic E-state index is 13.6. The molecule has 32 heavy (non-hydrogen) atoms. The van der Waals surface area contributed by atoms with Crippen LogP contribution in [-0.4, -0.2) is 39.4 Å². The largest absolute Gasteiger partial charge is 0.330 e. The number of halogens is 1. The molecule has 0 amide bonds. The topological polar surface area (TPSA) is 50.1 Å². The van der Waals surface area contributed by atoms with E-state index in [9.17, 15) is 4.39 Å². The van der Waals surface area contributed by atoms with Gasteiger partial charge in [0.1, 0.15) is 6.67 Å². The molecule has 0 aromatic rings. The Morgan fingerprint density at radius 2 is 2.19 bits per heavy atom. The van der Waals surface area contributed by atoms with E-state index >= 15 is 0 Å². The van der Waals surface area contributed by atoms with Crippen LogP contribution in [-0.2, 0) is 0 Å². The van der Waals surface area contributed by atoms with E-state index in [1.54, 1.807) is 6.08 Å². The van der Waals surface area contributed by atoms with Gasteiger partial charge in [-0.25, -0.2) is 4.39 Å². The van der Waals surface area contributed by atoms with Crippen LogP contribution in [0.2, 0.25) is 0 Å². The fourth-order valence-corrected chi connectivity index (χ4v) is 4.78. The van der Waals surface area contributed by atoms with Gasteiger partial charge in [0.25, 0.3) is 0 Å². The van der Waals surface area contributed by atoms with Gasteiger partial charge < -0.3 is 16.4 Å². The van der Waals surface area contributed by atoms with E-state index < -0.39 is 6.67 Å². The molecule has 0 aromatic heterocycles. The van der Waals surface area contributed by atoms with Gasteiger partial charge in [0.2, 0.25) is 0 Å². The number of alkyl halides is 1. The van der Waals surface area contributed by atoms with Crippen molar-refractivity contribution in [1.29, 1.82) is 0 Å². The Labute approximate surface area is 196 Å². The molecule has 0 aliphatic carbocycles. The van der Waals surface area contributed by atoms with Crippen LogP contribution in [0.4, 0.5) is 4.39 Å². The Kier molecular flexibility index (Phi) is 13.9. The lowest BCUT2D eigenvalue weighted by Gasteiger charge is -2.32. The minimum atomic E-state index is -0.478. The molecule has 1 aliphatic rings. The van der Waals surface area contributed by atoms with Crippen LogP contribution in [0, 0.1) is 23.7 Å². The maximum atomic E-state index is 13.6. The summed E-state index contributed by atoms with van der Waals surface area (Å²) >= 11 is 0. The van der Waals surface area contributed by atoms with Gasteiger partial charge in [-0.1, -0.05) is 49.3 Å². The van der Waals surface area contributed by atoms with E-state index in [2.05, 4.69) is 68.2 Å². The Balaban J connectivity index is 3.12. The number of hydrogen-bond acceptors (Lipinski definition) is 3. The molecule has 0 aromatic carbocycles. The number of hydrogen-bond donors (Lipinski definition) is 3. The standard InChI is InChI=1S/C28H44FN3/c1-6-10-25(11-7-2)26(12-9-16-30)20-23(4)19-24(5)27(13-15-29)28(14-18-32-22-28)21-31-17-8-3/h3,6,10-11,13,19,26,31-32H,4,7,9,12,14-18,20-22,30H2,1-2,5H3/b10-6-,24-19-,25-11+,27-13+. The zero-order chi connectivity index (χ0) is 23.8. The van der Waals surface area contributed by atoms with Crippen molar-refractivity contribution in [2.45, 2.75) is 52.9 Å². The molecule has 1 rings (SSSR count). The third kappa shape index (κ3) is 8.90. The monoisotopic (exact) mass is 441 g/mol. The zero-order valence-electron chi connectivity index (χ0n) is 20.5. The summed E-state index contributed by atoms with van der Waals surface area (Å²) < 4.78 is 13.6. The fourth-order valence-electron chi connectivity index (χ4n) is 4.78. The van der Waals surface area contributed by atoms with Gasteiger partial charge in [-0.05, 0) is 87.8 Å². The summed E-state index contributed by atoms with van der Waals surface area (Å²) in [5.41, 5.74) is 10.2. The molecule has 0 spiro atoms. The minimum Gasteiger partial charge on any atom is -0.330 e. The van der Waals surface area contributed by atoms with Crippen LogP contribution in [0.1, 0.15) is 52.9 Å². The highest BCUT2D eigenvalue weighted by Crippen LogP contribution is 2.38. The lowest BCUT2D eigenvalue weighted by molar-refractivity contribution is 0.376. The van der Waals surface area contributed by atoms with Gasteiger partial charge in [-0.15, -0.1) is 6.42 Å². The average Bonchev–Trinajstić information content (AvgIpc) is 3.24. The molecular weight excluding hydrogens is 397 g/mol. The summed E-state index contributed by atoms with van der Waals surface area (Å²) in [6, 6.07) is 0. The molecule has 0 saturated carbocycles. The SMILES string of the molecule is C#CCNCC1(C(=C/CF)/C(C)=C\C(=C)CC(CCCN)C(/C=C\C)=C/CC)CCNC1. The number of nitrogens with two attached hydrogens (primary N) is 1. The van der Waals surface area contributed by atoms with Crippen molar-refractivity contribution >= 4 is 0 Å². The number of nitrogens with one attached hydrogen (secondary N) is 2. The van der Waals surface area contributed by atoms with Gasteiger partial charge in [0.15, 0.2) is 0 Å². The average molecular weight is 442 g/mol. The molecule has 0 radical (unpaired) electrons. The zero-order valence-corrected chi connectivity index (χ0v) is 20.5. The third-order valence-corrected chi connectivity index (χ3v) is 6.17. The van der Waals surface area contributed by atoms with Crippen molar-refractivity contribution in [3.63, 3.8) is 0 Å². The molecule has 2 atom stereocenters. The highest BCUT2D eigenvalue weighted by atomic mass is 19.1. The minimum absolute atomic E-state index is 0.152. The van der Waals surface area contributed by atoms with E-state index in [1.807, 2.05) is 0 Å². The van der Waals surface area contributed by atoms with Crippen molar-refractivity contribution < 1.29 is 4.39 Å². The summed E-state index contributed by atoms with van der Waals surface area (Å²) in [6.07, 6.45) is 20.8. The molecule has 1 heterocycles. The highest BCUT2D eigenvalue weighted by molar-refractivity contribution is 5.41. The Hall–Kier alpha value is -1.93. The van der Waals surface area contributed by atoms with Gasteiger partial charge in [-0.2, -0.15) is 0 Å². The lowest BCUT2D eigenvalue weighted by atomic mass is 9.75. The van der Waals surface area contributed by atoms with Gasteiger partial charge in [0.05, 0.1) is 6.54 Å². The first-order chi connectivity index (χ1) is 15.5. The van der Waals surface area contributed by atoms with E-state index in [1.165, 1.54) is 5.57 Å². The molecule has 178 valence electrons. The first kappa shape index (κ1) is 28.1. The molecule has 1 saturated heterocycles. The molecule has 0 bridgehead atoms. The van der Waals surface area contributed by atoms with Crippen LogP contribution in [0.3, 0.4) is 0 Å². The second-order valence-corrected chi connectivity index (χ2v) is 8.72. The van der Waals surface area contributed by atoms with E-state index in [0.29, 0.717) is 19.0 Å². The lowest BCUT2D eigenvalue weighted by Crippen LogP contribution is -2.38. The Morgan fingerprint density at radius 1 is 1.41 bits per heavy atom. The molecular formula is C28H44FN3. The molecule has 3 nitrogen and oxygen atoms in total. The number of rotatable bonds is 15. The van der Waals surface area contributed by atoms with Crippen LogP contribution < -0.4 is 16.4 Å². The number of terminal acetylenes is 1. The van der Waals surface area contributed by atoms with Crippen LogP contribution in [0.25, 0.3) is 0 Å².